The first-order valence-corrected chi connectivity index (χ1v) is 11.0. The molecule has 1 atom stereocenters. The summed E-state index contributed by atoms with van der Waals surface area (Å²) in [7, 11) is 0. The van der Waals surface area contributed by atoms with Crippen molar-refractivity contribution >= 4 is 35.8 Å². The number of carbonyl (C=O) groups excluding carboxylic acids is 1. The third-order valence-corrected chi connectivity index (χ3v) is 4.99. The van der Waals surface area contributed by atoms with Crippen molar-refractivity contribution in [3.05, 3.63) is 59.2 Å². The topological polar surface area (TPSA) is 104 Å². The maximum atomic E-state index is 12.2. The number of ether oxygens (including phenoxy) is 2. The van der Waals surface area contributed by atoms with E-state index in [0.29, 0.717) is 37.8 Å². The normalized spacial score (nSPS) is 15.5. The summed E-state index contributed by atoms with van der Waals surface area (Å²) in [5, 5.41) is 18.6. The molecule has 0 spiro atoms. The number of hydrogen-bond acceptors (Lipinski definition) is 5. The highest BCUT2D eigenvalue weighted by molar-refractivity contribution is 14.0. The minimum absolute atomic E-state index is 0. The van der Waals surface area contributed by atoms with Crippen LogP contribution < -0.4 is 20.7 Å². The van der Waals surface area contributed by atoms with E-state index in [1.54, 1.807) is 12.1 Å². The number of aryl methyl sites for hydroxylation is 1. The molecule has 4 N–H and O–H groups in total. The van der Waals surface area contributed by atoms with E-state index in [2.05, 4.69) is 27.0 Å². The summed E-state index contributed by atoms with van der Waals surface area (Å²) < 4.78 is 11.6. The van der Waals surface area contributed by atoms with Crippen molar-refractivity contribution in [2.24, 2.45) is 4.99 Å². The van der Waals surface area contributed by atoms with Crippen LogP contribution in [0.5, 0.6) is 11.5 Å². The third-order valence-electron chi connectivity index (χ3n) is 4.99. The molecular weight excluding hydrogens is 535 g/mol. The third kappa shape index (κ3) is 8.73. The number of amides is 1. The van der Waals surface area contributed by atoms with Crippen molar-refractivity contribution in [3.63, 3.8) is 0 Å². The fourth-order valence-corrected chi connectivity index (χ4v) is 3.27. The molecule has 2 aromatic rings. The lowest BCUT2D eigenvalue weighted by molar-refractivity contribution is 0.0954. The predicted molar refractivity (Wildman–Crippen MR) is 140 cm³/mol. The van der Waals surface area contributed by atoms with Gasteiger partial charge in [0.1, 0.15) is 17.6 Å². The Balaban J connectivity index is 0.00000385. The van der Waals surface area contributed by atoms with E-state index in [1.165, 1.54) is 12.1 Å². The first-order valence-electron chi connectivity index (χ1n) is 11.0. The average molecular weight is 568 g/mol. The number of guanidine groups is 1. The summed E-state index contributed by atoms with van der Waals surface area (Å²) in [6, 6.07) is 12.3. The Labute approximate surface area is 212 Å². The van der Waals surface area contributed by atoms with Crippen molar-refractivity contribution in [1.29, 1.82) is 0 Å². The van der Waals surface area contributed by atoms with E-state index in [4.69, 9.17) is 9.47 Å². The van der Waals surface area contributed by atoms with Gasteiger partial charge in [0.05, 0.1) is 19.8 Å². The molecule has 9 heteroatoms. The van der Waals surface area contributed by atoms with Crippen LogP contribution in [0.25, 0.3) is 0 Å². The first-order chi connectivity index (χ1) is 15.5. The second-order valence-corrected chi connectivity index (χ2v) is 7.64. The number of phenols is 1. The van der Waals surface area contributed by atoms with E-state index in [-0.39, 0.29) is 41.7 Å². The van der Waals surface area contributed by atoms with Gasteiger partial charge in [-0.25, -0.2) is 4.99 Å². The van der Waals surface area contributed by atoms with Crippen molar-refractivity contribution in [3.8, 4) is 11.5 Å². The molecule has 0 radical (unpaired) electrons. The lowest BCUT2D eigenvalue weighted by atomic mass is 10.1. The molecule has 1 aliphatic heterocycles. The Morgan fingerprint density at radius 3 is 2.61 bits per heavy atom. The highest BCUT2D eigenvalue weighted by Gasteiger charge is 2.18. The number of hydrogen-bond donors (Lipinski definition) is 4. The molecule has 1 amide bonds. The fraction of sp³-hybridized carbons (Fsp3) is 0.417. The van der Waals surface area contributed by atoms with Crippen LogP contribution in [-0.4, -0.2) is 55.9 Å². The number of benzene rings is 2. The molecule has 1 fully saturated rings. The number of nitrogens with one attached hydrogen (secondary N) is 3. The highest BCUT2D eigenvalue weighted by Crippen LogP contribution is 2.24. The Hall–Kier alpha value is -2.53. The second-order valence-electron chi connectivity index (χ2n) is 7.64. The summed E-state index contributed by atoms with van der Waals surface area (Å²) in [6.45, 7) is 7.56. The van der Waals surface area contributed by atoms with Gasteiger partial charge in [-0.15, -0.1) is 24.0 Å². The van der Waals surface area contributed by atoms with Gasteiger partial charge in [-0.1, -0.05) is 12.1 Å². The maximum absolute atomic E-state index is 12.2. The van der Waals surface area contributed by atoms with Crippen LogP contribution in [0.15, 0.2) is 47.5 Å². The number of aromatic hydroxyl groups is 1. The van der Waals surface area contributed by atoms with Gasteiger partial charge in [-0.2, -0.15) is 0 Å². The summed E-state index contributed by atoms with van der Waals surface area (Å²) in [5.41, 5.74) is 2.66. The van der Waals surface area contributed by atoms with Gasteiger partial charge in [-0.05, 0) is 49.7 Å². The molecule has 0 bridgehead atoms. The molecule has 0 saturated carbocycles. The van der Waals surface area contributed by atoms with E-state index in [9.17, 15) is 9.90 Å². The molecule has 1 aliphatic rings. The monoisotopic (exact) mass is 568 g/mol. The number of carbonyl (C=O) groups is 1. The molecule has 8 nitrogen and oxygen atoms in total. The van der Waals surface area contributed by atoms with E-state index in [1.807, 2.05) is 26.0 Å². The zero-order valence-electron chi connectivity index (χ0n) is 19.1. The number of aliphatic imine (C=N–C) groups is 1. The van der Waals surface area contributed by atoms with E-state index >= 15 is 0 Å². The largest absolute Gasteiger partial charge is 0.508 e. The summed E-state index contributed by atoms with van der Waals surface area (Å²) in [4.78, 5) is 16.8. The number of phenolic OH excluding ortho intramolecular Hbond substituents is 1. The molecular formula is C24H33IN4O4. The van der Waals surface area contributed by atoms with Gasteiger partial charge >= 0.3 is 0 Å². The van der Waals surface area contributed by atoms with Gasteiger partial charge in [-0.3, -0.25) is 4.79 Å². The van der Waals surface area contributed by atoms with Crippen LogP contribution in [0, 0.1) is 6.92 Å². The smallest absolute Gasteiger partial charge is 0.251 e. The predicted octanol–water partition coefficient (Wildman–Crippen LogP) is 2.97. The van der Waals surface area contributed by atoms with Crippen molar-refractivity contribution < 1.29 is 19.4 Å². The van der Waals surface area contributed by atoms with Crippen LogP contribution in [0.3, 0.4) is 0 Å². The van der Waals surface area contributed by atoms with Crippen molar-refractivity contribution in [2.75, 3.05) is 32.8 Å². The Bertz CT molecular complexity index is 915. The first kappa shape index (κ1) is 26.7. The van der Waals surface area contributed by atoms with Crippen LogP contribution in [0.4, 0.5) is 0 Å². The number of halogens is 1. The van der Waals surface area contributed by atoms with E-state index < -0.39 is 0 Å². The van der Waals surface area contributed by atoms with Gasteiger partial charge in [0.2, 0.25) is 0 Å². The molecule has 2 aromatic carbocycles. The highest BCUT2D eigenvalue weighted by atomic mass is 127. The minimum Gasteiger partial charge on any atom is -0.508 e. The Kier molecular flexibility index (Phi) is 11.2. The van der Waals surface area contributed by atoms with Crippen LogP contribution in [-0.2, 0) is 11.3 Å². The van der Waals surface area contributed by atoms with Crippen LogP contribution in [0.1, 0.15) is 34.8 Å². The SMILES string of the molecule is CCNC(=NCc1ccc(C)cc1OC1CCOC1)NCCNC(=O)c1ccc(O)cc1.I. The Morgan fingerprint density at radius 2 is 1.91 bits per heavy atom. The lowest BCUT2D eigenvalue weighted by Crippen LogP contribution is -2.41. The standard InChI is InChI=1S/C24H32N4O4.HI/c1-3-25-24(27-12-11-26-23(30)18-6-8-20(29)9-7-18)28-15-19-5-4-17(2)14-22(19)32-21-10-13-31-16-21;/h4-9,14,21,29H,3,10-13,15-16H2,1-2H3,(H,26,30)(H2,25,27,28);1H. The molecule has 33 heavy (non-hydrogen) atoms. The van der Waals surface area contributed by atoms with E-state index in [0.717, 1.165) is 36.4 Å². The summed E-state index contributed by atoms with van der Waals surface area (Å²) >= 11 is 0. The van der Waals surface area contributed by atoms with Crippen LogP contribution >= 0.6 is 24.0 Å². The van der Waals surface area contributed by atoms with Gasteiger partial charge in [0, 0.05) is 37.2 Å². The lowest BCUT2D eigenvalue weighted by Gasteiger charge is -2.16. The Morgan fingerprint density at radius 1 is 1.15 bits per heavy atom. The van der Waals surface area contributed by atoms with Crippen molar-refractivity contribution in [2.45, 2.75) is 32.9 Å². The summed E-state index contributed by atoms with van der Waals surface area (Å²) in [6.07, 6.45) is 0.986. The fourth-order valence-electron chi connectivity index (χ4n) is 3.27. The van der Waals surface area contributed by atoms with Gasteiger partial charge in [0.15, 0.2) is 5.96 Å². The quantitative estimate of drug-likeness (QED) is 0.161. The second kappa shape index (κ2) is 13.9. The molecule has 1 unspecified atom stereocenters. The minimum atomic E-state index is -0.189. The zero-order valence-corrected chi connectivity index (χ0v) is 21.4. The van der Waals surface area contributed by atoms with Crippen molar-refractivity contribution in [1.82, 2.24) is 16.0 Å². The zero-order chi connectivity index (χ0) is 22.8. The molecule has 0 aliphatic carbocycles. The molecule has 1 saturated heterocycles. The number of rotatable bonds is 9. The molecule has 180 valence electrons. The summed E-state index contributed by atoms with van der Waals surface area (Å²) in [5.74, 6) is 1.46. The number of nitrogens with zero attached hydrogens (tertiary/aromatic N) is 1. The average Bonchev–Trinajstić information content (AvgIpc) is 3.29. The molecule has 3 rings (SSSR count). The van der Waals surface area contributed by atoms with Crippen LogP contribution in [0.2, 0.25) is 0 Å². The molecule has 1 heterocycles. The maximum Gasteiger partial charge on any atom is 0.251 e. The molecule has 0 aromatic heterocycles. The van der Waals surface area contributed by atoms with Gasteiger partial charge < -0.3 is 30.5 Å². The van der Waals surface area contributed by atoms with Gasteiger partial charge in [0.25, 0.3) is 5.91 Å².